The Bertz CT molecular complexity index is 1030. The number of amidine groups is 1. The van der Waals surface area contributed by atoms with Crippen LogP contribution in [-0.4, -0.2) is 31.7 Å². The monoisotopic (exact) mass is 434 g/mol. The normalized spacial score (nSPS) is 15.0. The lowest BCUT2D eigenvalue weighted by molar-refractivity contribution is 0.102. The number of carbonyl (C=O) groups is 1. The van der Waals surface area contributed by atoms with Gasteiger partial charge in [0.1, 0.15) is 10.7 Å². The van der Waals surface area contributed by atoms with Crippen molar-refractivity contribution in [1.82, 2.24) is 9.71 Å². The van der Waals surface area contributed by atoms with Crippen molar-refractivity contribution in [1.29, 1.82) is 0 Å². The number of hydrogen-bond acceptors (Lipinski definition) is 6. The van der Waals surface area contributed by atoms with E-state index in [1.807, 2.05) is 13.8 Å². The van der Waals surface area contributed by atoms with Crippen LogP contribution in [0.15, 0.2) is 34.2 Å². The second kappa shape index (κ2) is 9.04. The fourth-order valence-electron chi connectivity index (χ4n) is 2.98. The number of nitrogens with zero attached hydrogens (tertiary/aromatic N) is 2. The van der Waals surface area contributed by atoms with E-state index >= 15 is 0 Å². The van der Waals surface area contributed by atoms with Crippen LogP contribution in [0.1, 0.15) is 65.8 Å². The van der Waals surface area contributed by atoms with Crippen molar-refractivity contribution in [3.63, 3.8) is 0 Å². The van der Waals surface area contributed by atoms with Gasteiger partial charge in [-0.15, -0.1) is 11.3 Å². The number of hydrogen-bond donors (Lipinski definition) is 2. The molecule has 0 spiro atoms. The third kappa shape index (κ3) is 5.42. The highest BCUT2D eigenvalue weighted by Crippen LogP contribution is 2.26. The highest BCUT2D eigenvalue weighted by atomic mass is 32.2. The summed E-state index contributed by atoms with van der Waals surface area (Å²) in [5.41, 5.74) is 1.09. The fourth-order valence-corrected chi connectivity index (χ4v) is 5.07. The third-order valence-corrected chi connectivity index (χ3v) is 7.38. The van der Waals surface area contributed by atoms with Gasteiger partial charge >= 0.3 is 0 Å². The summed E-state index contributed by atoms with van der Waals surface area (Å²) in [6.07, 6.45) is 3.57. The number of thiazole rings is 1. The summed E-state index contributed by atoms with van der Waals surface area (Å²) in [6.45, 7) is 6.50. The first-order valence-electron chi connectivity index (χ1n) is 9.71. The molecule has 7 nitrogen and oxygen atoms in total. The van der Waals surface area contributed by atoms with Gasteiger partial charge in [-0.1, -0.05) is 26.3 Å². The number of rotatable bonds is 5. The first-order chi connectivity index (χ1) is 13.8. The summed E-state index contributed by atoms with van der Waals surface area (Å²) in [4.78, 5) is 22.0. The van der Waals surface area contributed by atoms with Crippen molar-refractivity contribution in [2.45, 2.75) is 57.3 Å². The topological polar surface area (TPSA) is 101 Å². The molecule has 3 rings (SSSR count). The zero-order chi connectivity index (χ0) is 21.0. The highest BCUT2D eigenvalue weighted by Gasteiger charge is 2.20. The molecule has 2 heterocycles. The van der Waals surface area contributed by atoms with Crippen molar-refractivity contribution in [3.05, 3.63) is 39.8 Å². The van der Waals surface area contributed by atoms with Crippen molar-refractivity contribution in [3.8, 4) is 0 Å². The van der Waals surface area contributed by atoms with E-state index in [4.69, 9.17) is 0 Å². The van der Waals surface area contributed by atoms with Crippen LogP contribution < -0.4 is 10.0 Å². The first-order valence-corrected chi connectivity index (χ1v) is 12.0. The molecule has 1 amide bonds. The van der Waals surface area contributed by atoms with Crippen LogP contribution in [0.3, 0.4) is 0 Å². The van der Waals surface area contributed by atoms with Gasteiger partial charge in [0, 0.05) is 24.6 Å². The molecule has 2 aromatic rings. The van der Waals surface area contributed by atoms with Crippen LogP contribution in [0.25, 0.3) is 0 Å². The lowest BCUT2D eigenvalue weighted by atomic mass is 10.2. The highest BCUT2D eigenvalue weighted by molar-refractivity contribution is 7.90. The minimum Gasteiger partial charge on any atom is -0.321 e. The minimum atomic E-state index is -3.76. The molecule has 2 N–H and O–H groups in total. The molecule has 0 bridgehead atoms. The second-order valence-corrected chi connectivity index (χ2v) is 10.1. The molecule has 0 radical (unpaired) electrons. The van der Waals surface area contributed by atoms with Gasteiger partial charge in [-0.05, 0) is 38.0 Å². The average molecular weight is 435 g/mol. The second-order valence-electron chi connectivity index (χ2n) is 7.35. The number of benzene rings is 1. The number of amides is 1. The zero-order valence-corrected chi connectivity index (χ0v) is 18.5. The van der Waals surface area contributed by atoms with Crippen LogP contribution in [-0.2, 0) is 10.0 Å². The van der Waals surface area contributed by atoms with E-state index in [2.05, 4.69) is 20.0 Å². The van der Waals surface area contributed by atoms with Crippen molar-refractivity contribution in [2.24, 2.45) is 4.99 Å². The maximum atomic E-state index is 12.7. The number of sulfonamides is 1. The number of aromatic nitrogens is 1. The van der Waals surface area contributed by atoms with E-state index in [1.165, 1.54) is 23.5 Å². The molecule has 0 saturated heterocycles. The third-order valence-electron chi connectivity index (χ3n) is 4.54. The van der Waals surface area contributed by atoms with E-state index < -0.39 is 10.0 Å². The van der Waals surface area contributed by atoms with Gasteiger partial charge in [-0.3, -0.25) is 14.5 Å². The number of carbonyl (C=O) groups excluding carboxylic acids is 1. The van der Waals surface area contributed by atoms with Gasteiger partial charge in [-0.2, -0.15) is 0 Å². The van der Waals surface area contributed by atoms with E-state index in [0.29, 0.717) is 35.1 Å². The van der Waals surface area contributed by atoms with Crippen molar-refractivity contribution in [2.75, 3.05) is 11.9 Å². The molecule has 1 aromatic carbocycles. The van der Waals surface area contributed by atoms with Crippen LogP contribution in [0.2, 0.25) is 0 Å². The Labute approximate surface area is 175 Å². The molecule has 0 saturated carbocycles. The number of aliphatic imine (C=N–C) groups is 1. The maximum Gasteiger partial charge on any atom is 0.267 e. The van der Waals surface area contributed by atoms with Gasteiger partial charge in [0.2, 0.25) is 0 Å². The van der Waals surface area contributed by atoms with E-state index in [0.717, 1.165) is 24.3 Å². The Morgan fingerprint density at radius 1 is 1.21 bits per heavy atom. The van der Waals surface area contributed by atoms with Crippen LogP contribution in [0.5, 0.6) is 0 Å². The standard InChI is InChI=1S/C20H26N4O3S2/c1-13(2)20-22-14(3)18(28-20)19(25)23-15-8-7-9-16(12-15)29(26,27)24-17-10-5-4-6-11-21-17/h7-9,12-13H,4-6,10-11H2,1-3H3,(H,21,24)(H,23,25). The van der Waals surface area contributed by atoms with Crippen LogP contribution in [0.4, 0.5) is 5.69 Å². The van der Waals surface area contributed by atoms with Gasteiger partial charge < -0.3 is 5.32 Å². The molecular formula is C20H26N4O3S2. The summed E-state index contributed by atoms with van der Waals surface area (Å²) in [6, 6.07) is 6.24. The summed E-state index contributed by atoms with van der Waals surface area (Å²) < 4.78 is 28.1. The summed E-state index contributed by atoms with van der Waals surface area (Å²) in [5, 5.41) is 3.69. The van der Waals surface area contributed by atoms with E-state index in [1.54, 1.807) is 19.1 Å². The molecule has 0 aliphatic carbocycles. The Morgan fingerprint density at radius 3 is 2.72 bits per heavy atom. The molecule has 0 atom stereocenters. The molecule has 29 heavy (non-hydrogen) atoms. The fraction of sp³-hybridized carbons (Fsp3) is 0.450. The molecular weight excluding hydrogens is 408 g/mol. The SMILES string of the molecule is Cc1nc(C(C)C)sc1C(=O)Nc1cccc(S(=O)(=O)NC2=NCCCCC2)c1. The van der Waals surface area contributed by atoms with Crippen molar-refractivity contribution < 1.29 is 13.2 Å². The van der Waals surface area contributed by atoms with Crippen molar-refractivity contribution >= 4 is 38.8 Å². The van der Waals surface area contributed by atoms with Gasteiger partial charge in [0.25, 0.3) is 15.9 Å². The minimum absolute atomic E-state index is 0.0890. The Kier molecular flexibility index (Phi) is 6.69. The van der Waals surface area contributed by atoms with Gasteiger partial charge in [0.05, 0.1) is 15.6 Å². The Morgan fingerprint density at radius 2 is 2.00 bits per heavy atom. The lowest BCUT2D eigenvalue weighted by Gasteiger charge is -2.11. The smallest absolute Gasteiger partial charge is 0.267 e. The van der Waals surface area contributed by atoms with Crippen LogP contribution in [0, 0.1) is 6.92 Å². The van der Waals surface area contributed by atoms with Gasteiger partial charge in [-0.25, -0.2) is 13.4 Å². The molecule has 0 fully saturated rings. The number of anilines is 1. The lowest BCUT2D eigenvalue weighted by Crippen LogP contribution is -2.30. The summed E-state index contributed by atoms with van der Waals surface area (Å²) in [5.74, 6) is 0.452. The van der Waals surface area contributed by atoms with Crippen LogP contribution >= 0.6 is 11.3 Å². The quantitative estimate of drug-likeness (QED) is 0.740. The van der Waals surface area contributed by atoms with Gasteiger partial charge in [0.15, 0.2) is 0 Å². The zero-order valence-electron chi connectivity index (χ0n) is 16.9. The molecule has 1 aromatic heterocycles. The van der Waals surface area contributed by atoms with E-state index in [-0.39, 0.29) is 16.7 Å². The maximum absolute atomic E-state index is 12.7. The Balaban J connectivity index is 1.76. The predicted octanol–water partition coefficient (Wildman–Crippen LogP) is 4.08. The predicted molar refractivity (Wildman–Crippen MR) is 116 cm³/mol. The molecule has 0 unspecified atom stereocenters. The molecule has 1 aliphatic rings. The first kappa shape index (κ1) is 21.4. The summed E-state index contributed by atoms with van der Waals surface area (Å²) in [7, 11) is -3.76. The number of aryl methyl sites for hydroxylation is 1. The molecule has 156 valence electrons. The largest absolute Gasteiger partial charge is 0.321 e. The van der Waals surface area contributed by atoms with E-state index in [9.17, 15) is 13.2 Å². The average Bonchev–Trinajstić information content (AvgIpc) is 2.89. The molecule has 9 heteroatoms. The Hall–Kier alpha value is -2.26. The molecule has 1 aliphatic heterocycles. The number of nitrogens with one attached hydrogen (secondary N) is 2. The summed E-state index contributed by atoms with van der Waals surface area (Å²) >= 11 is 1.36.